The lowest BCUT2D eigenvalue weighted by Crippen LogP contribution is -2.58. The summed E-state index contributed by atoms with van der Waals surface area (Å²) in [6, 6.07) is 22.2. The number of fused-ring (bicyclic) bond motifs is 1. The summed E-state index contributed by atoms with van der Waals surface area (Å²) in [7, 11) is 1.75. The predicted molar refractivity (Wildman–Crippen MR) is 183 cm³/mol. The minimum Gasteiger partial charge on any atom is -0.366 e. The maximum atomic E-state index is 14.1. The van der Waals surface area contributed by atoms with Gasteiger partial charge in [0.1, 0.15) is 5.82 Å². The zero-order valence-corrected chi connectivity index (χ0v) is 27.5. The van der Waals surface area contributed by atoms with Crippen LogP contribution in [0.4, 0.5) is 0 Å². The summed E-state index contributed by atoms with van der Waals surface area (Å²) >= 11 is 6.23. The lowest BCUT2D eigenvalue weighted by molar-refractivity contribution is 0.0351. The van der Waals surface area contributed by atoms with Crippen LogP contribution in [0.1, 0.15) is 58.8 Å². The summed E-state index contributed by atoms with van der Waals surface area (Å²) in [5.41, 5.74) is 8.04. The largest absolute Gasteiger partial charge is 0.366 e. The third-order valence-corrected chi connectivity index (χ3v) is 9.61. The number of hydrogen-bond donors (Lipinski definition) is 2. The van der Waals surface area contributed by atoms with Crippen molar-refractivity contribution in [3.05, 3.63) is 111 Å². The number of primary amides is 1. The Morgan fingerprint density at radius 1 is 1.02 bits per heavy atom. The molecule has 0 saturated carbocycles. The summed E-state index contributed by atoms with van der Waals surface area (Å²) in [5.74, 6) is 0.151. The predicted octanol–water partition coefficient (Wildman–Crippen LogP) is 4.65. The zero-order chi connectivity index (χ0) is 32.8. The number of aromatic nitrogens is 2. The molecule has 3 atom stereocenters. The Kier molecular flexibility index (Phi) is 10.9. The Bertz CT molecular complexity index is 1720. The maximum absolute atomic E-state index is 14.1. The van der Waals surface area contributed by atoms with E-state index in [9.17, 15) is 14.4 Å². The highest BCUT2D eigenvalue weighted by Gasteiger charge is 2.40. The number of carbonyl (C=O) groups is 2. The lowest BCUT2D eigenvalue weighted by Gasteiger charge is -2.47. The molecule has 1 aliphatic heterocycles. The van der Waals surface area contributed by atoms with E-state index in [1.807, 2.05) is 11.0 Å². The number of halogens is 1. The van der Waals surface area contributed by atoms with Gasteiger partial charge in [-0.2, -0.15) is 0 Å². The molecule has 5 rings (SSSR count). The van der Waals surface area contributed by atoms with E-state index in [-0.39, 0.29) is 29.5 Å². The van der Waals surface area contributed by atoms with Gasteiger partial charge in [0, 0.05) is 48.4 Å². The average molecular weight is 643 g/mol. The van der Waals surface area contributed by atoms with E-state index in [4.69, 9.17) is 22.3 Å². The highest BCUT2D eigenvalue weighted by Crippen LogP contribution is 2.32. The minimum atomic E-state index is -0.521. The number of rotatable bonds is 12. The molecule has 242 valence electrons. The van der Waals surface area contributed by atoms with Gasteiger partial charge in [-0.25, -0.2) is 4.98 Å². The van der Waals surface area contributed by atoms with Crippen LogP contribution >= 0.6 is 11.6 Å². The summed E-state index contributed by atoms with van der Waals surface area (Å²) in [4.78, 5) is 48.2. The number of benzene rings is 3. The van der Waals surface area contributed by atoms with E-state index in [1.165, 1.54) is 5.56 Å². The molecule has 3 unspecified atom stereocenters. The number of nitrogens with two attached hydrogens (primary N) is 1. The van der Waals surface area contributed by atoms with E-state index in [1.54, 1.807) is 54.1 Å². The summed E-state index contributed by atoms with van der Waals surface area (Å²) < 4.78 is 1.60. The number of amides is 2. The van der Waals surface area contributed by atoms with Gasteiger partial charge in [-0.15, -0.1) is 0 Å². The monoisotopic (exact) mass is 642 g/mol. The Morgan fingerprint density at radius 3 is 2.39 bits per heavy atom. The topological polar surface area (TPSA) is 114 Å². The number of likely N-dealkylation sites (tertiary alicyclic amines) is 1. The number of piperidine rings is 1. The van der Waals surface area contributed by atoms with Crippen LogP contribution in [0.15, 0.2) is 77.6 Å². The van der Waals surface area contributed by atoms with Crippen LogP contribution in [0, 0.1) is 5.92 Å². The first-order chi connectivity index (χ1) is 22.2. The Labute approximate surface area is 275 Å². The van der Waals surface area contributed by atoms with Crippen LogP contribution in [0.5, 0.6) is 0 Å². The van der Waals surface area contributed by atoms with Gasteiger partial charge in [0.15, 0.2) is 0 Å². The van der Waals surface area contributed by atoms with E-state index in [2.05, 4.69) is 48.3 Å². The summed E-state index contributed by atoms with van der Waals surface area (Å²) in [6.45, 7) is 8.02. The fourth-order valence-corrected chi connectivity index (χ4v) is 6.83. The van der Waals surface area contributed by atoms with E-state index >= 15 is 0 Å². The van der Waals surface area contributed by atoms with Crippen molar-refractivity contribution in [1.29, 1.82) is 0 Å². The molecule has 9 nitrogen and oxygen atoms in total. The first kappa shape index (κ1) is 33.3. The number of nitrogens with zero attached hydrogens (tertiary/aromatic N) is 4. The Balaban J connectivity index is 1.47. The fraction of sp³-hybridized carbons (Fsp3) is 0.389. The second-order valence-corrected chi connectivity index (χ2v) is 12.4. The van der Waals surface area contributed by atoms with Crippen molar-refractivity contribution < 1.29 is 9.59 Å². The van der Waals surface area contributed by atoms with E-state index in [0.717, 1.165) is 38.9 Å². The zero-order valence-electron chi connectivity index (χ0n) is 26.8. The number of hydrogen-bond acceptors (Lipinski definition) is 6. The van der Waals surface area contributed by atoms with Gasteiger partial charge in [0.05, 0.1) is 17.4 Å². The first-order valence-electron chi connectivity index (χ1n) is 16.1. The van der Waals surface area contributed by atoms with Crippen LogP contribution in [-0.4, -0.2) is 69.4 Å². The molecule has 1 aliphatic rings. The normalized spacial score (nSPS) is 18.3. The summed E-state index contributed by atoms with van der Waals surface area (Å²) in [6.07, 6.45) is 2.33. The molecule has 10 heteroatoms. The molecular formula is C36H43ClN6O3. The van der Waals surface area contributed by atoms with Gasteiger partial charge in [-0.05, 0) is 86.3 Å². The standard InChI is InChI=1S/C36H43ClN6O3/c1-4-42(5-2)19-18-32-29(21-24-9-7-6-8-10-24)30(17-20-43(32)35(45)26-13-11-25(12-14-26)34(38)44)39-23-33-40-31-22-27(37)15-16-28(31)36(46)41(33)3/h6-16,22,29-30,32,39H,4-5,17-21,23H2,1-3H3,(H2,38,44). The highest BCUT2D eigenvalue weighted by atomic mass is 35.5. The molecule has 1 fully saturated rings. The molecule has 1 aromatic heterocycles. The Hall–Kier alpha value is -4.05. The van der Waals surface area contributed by atoms with Crippen molar-refractivity contribution in [1.82, 2.24) is 24.7 Å². The molecule has 0 aliphatic carbocycles. The summed E-state index contributed by atoms with van der Waals surface area (Å²) in [5, 5.41) is 4.83. The first-order valence-corrected chi connectivity index (χ1v) is 16.4. The molecule has 0 radical (unpaired) electrons. The van der Waals surface area contributed by atoms with Crippen LogP contribution in [0.3, 0.4) is 0 Å². The molecular weight excluding hydrogens is 600 g/mol. The molecule has 2 amide bonds. The number of nitrogens with one attached hydrogen (secondary N) is 1. The van der Waals surface area contributed by atoms with E-state index < -0.39 is 5.91 Å². The molecule has 46 heavy (non-hydrogen) atoms. The van der Waals surface area contributed by atoms with Gasteiger partial charge >= 0.3 is 0 Å². The fourth-order valence-electron chi connectivity index (χ4n) is 6.67. The van der Waals surface area contributed by atoms with Gasteiger partial charge in [0.2, 0.25) is 5.91 Å². The van der Waals surface area contributed by atoms with Gasteiger partial charge in [0.25, 0.3) is 11.5 Å². The quantitative estimate of drug-likeness (QED) is 0.233. The molecule has 1 saturated heterocycles. The van der Waals surface area contributed by atoms with Gasteiger partial charge < -0.3 is 20.9 Å². The van der Waals surface area contributed by atoms with Crippen LogP contribution in [0.2, 0.25) is 5.02 Å². The molecule has 0 bridgehead atoms. The maximum Gasteiger partial charge on any atom is 0.261 e. The molecule has 3 N–H and O–H groups in total. The van der Waals surface area contributed by atoms with Gasteiger partial charge in [-0.1, -0.05) is 55.8 Å². The lowest BCUT2D eigenvalue weighted by atomic mass is 9.78. The third kappa shape index (κ3) is 7.49. The molecule has 0 spiro atoms. The van der Waals surface area contributed by atoms with Gasteiger partial charge in [-0.3, -0.25) is 19.0 Å². The van der Waals surface area contributed by atoms with Crippen molar-refractivity contribution in [3.63, 3.8) is 0 Å². The number of carbonyl (C=O) groups excluding carboxylic acids is 2. The smallest absolute Gasteiger partial charge is 0.261 e. The van der Waals surface area contributed by atoms with E-state index in [0.29, 0.717) is 46.0 Å². The SMILES string of the molecule is CCN(CC)CCC1C(Cc2ccccc2)C(NCc2nc3cc(Cl)ccc3c(=O)n2C)CCN1C(=O)c1ccc(C(N)=O)cc1. The van der Waals surface area contributed by atoms with Crippen molar-refractivity contribution in [2.24, 2.45) is 18.7 Å². The van der Waals surface area contributed by atoms with Crippen molar-refractivity contribution in [3.8, 4) is 0 Å². The molecule has 3 aromatic carbocycles. The van der Waals surface area contributed by atoms with Crippen molar-refractivity contribution >= 4 is 34.3 Å². The van der Waals surface area contributed by atoms with Crippen LogP contribution < -0.4 is 16.6 Å². The third-order valence-electron chi connectivity index (χ3n) is 9.37. The Morgan fingerprint density at radius 2 is 1.72 bits per heavy atom. The molecule has 2 heterocycles. The second-order valence-electron chi connectivity index (χ2n) is 12.0. The molecule has 4 aromatic rings. The van der Waals surface area contributed by atoms with Crippen molar-refractivity contribution in [2.45, 2.75) is 51.7 Å². The minimum absolute atomic E-state index is 0.0486. The second kappa shape index (κ2) is 15.0. The van der Waals surface area contributed by atoms with Crippen molar-refractivity contribution in [2.75, 3.05) is 26.2 Å². The van der Waals surface area contributed by atoms with Crippen LogP contribution in [-0.2, 0) is 20.0 Å². The highest BCUT2D eigenvalue weighted by molar-refractivity contribution is 6.31. The average Bonchev–Trinajstić information content (AvgIpc) is 3.07. The van der Waals surface area contributed by atoms with Crippen LogP contribution in [0.25, 0.3) is 10.9 Å².